The van der Waals surface area contributed by atoms with E-state index in [0.29, 0.717) is 0 Å². The van der Waals surface area contributed by atoms with Crippen LogP contribution in [-0.2, 0) is 5.41 Å². The molecule has 8 aromatic rings. The van der Waals surface area contributed by atoms with Crippen LogP contribution in [0.15, 0.2) is 225 Å². The van der Waals surface area contributed by atoms with Gasteiger partial charge in [-0.1, -0.05) is 164 Å². The average Bonchev–Trinajstić information content (AvgIpc) is 3.55. The smallest absolute Gasteiger partial charge is 0.0713 e. The van der Waals surface area contributed by atoms with E-state index in [0.717, 1.165) is 50.8 Å². The van der Waals surface area contributed by atoms with E-state index in [4.69, 9.17) is 0 Å². The number of allylic oxidation sites excluding steroid dienone is 4. The van der Waals surface area contributed by atoms with Crippen molar-refractivity contribution in [1.29, 1.82) is 0 Å². The van der Waals surface area contributed by atoms with E-state index >= 15 is 0 Å². The predicted octanol–water partition coefficient (Wildman–Crippen LogP) is 14.9. The zero-order chi connectivity index (χ0) is 38.9. The van der Waals surface area contributed by atoms with Crippen molar-refractivity contribution in [2.75, 3.05) is 9.80 Å². The van der Waals surface area contributed by atoms with Gasteiger partial charge >= 0.3 is 0 Å². The quantitative estimate of drug-likeness (QED) is 0.138. The molecule has 0 fully saturated rings. The molecule has 0 N–H and O–H groups in total. The number of benzene rings is 8. The van der Waals surface area contributed by atoms with Crippen LogP contribution in [0.4, 0.5) is 34.1 Å². The second-order valence-corrected chi connectivity index (χ2v) is 14.8. The van der Waals surface area contributed by atoms with Crippen LogP contribution in [0.1, 0.15) is 33.4 Å². The number of hydrogen-bond donors (Lipinski definition) is 0. The lowest BCUT2D eigenvalue weighted by Gasteiger charge is -2.35. The Hall–Kier alpha value is -7.16. The molecular weight excluding hydrogens is 689 g/mol. The molecule has 0 bridgehead atoms. The minimum absolute atomic E-state index is 0.569. The zero-order valence-corrected chi connectivity index (χ0v) is 32.4. The second-order valence-electron chi connectivity index (χ2n) is 14.8. The summed E-state index contributed by atoms with van der Waals surface area (Å²) < 4.78 is 0. The molecule has 0 unspecified atom stereocenters. The highest BCUT2D eigenvalue weighted by atomic mass is 15.2. The van der Waals surface area contributed by atoms with Gasteiger partial charge in [0, 0.05) is 34.1 Å². The van der Waals surface area contributed by atoms with E-state index in [9.17, 15) is 0 Å². The predicted molar refractivity (Wildman–Crippen MR) is 243 cm³/mol. The first-order valence-electron chi connectivity index (χ1n) is 19.6. The van der Waals surface area contributed by atoms with Gasteiger partial charge in [-0.25, -0.2) is 0 Å². The lowest BCUT2D eigenvalue weighted by atomic mass is 9.66. The van der Waals surface area contributed by atoms with Crippen LogP contribution in [0, 0.1) is 13.8 Å². The third-order valence-electron chi connectivity index (χ3n) is 11.4. The Morgan fingerprint density at radius 3 is 1.44 bits per heavy atom. The van der Waals surface area contributed by atoms with Crippen LogP contribution < -0.4 is 9.80 Å². The molecule has 0 heterocycles. The number of nitrogens with zero attached hydrogens (tertiary/aromatic N) is 2. The van der Waals surface area contributed by atoms with E-state index in [1.807, 2.05) is 12.2 Å². The van der Waals surface area contributed by atoms with Gasteiger partial charge in [-0.15, -0.1) is 0 Å². The Morgan fingerprint density at radius 2 is 0.877 bits per heavy atom. The molecule has 0 amide bonds. The number of hydrogen-bond acceptors (Lipinski definition) is 2. The van der Waals surface area contributed by atoms with Crippen LogP contribution in [-0.4, -0.2) is 0 Å². The molecule has 2 nitrogen and oxygen atoms in total. The Bertz CT molecular complexity index is 2690. The number of para-hydroxylation sites is 2. The summed E-state index contributed by atoms with van der Waals surface area (Å²) in [5.41, 5.74) is 15.3. The minimum atomic E-state index is -0.569. The molecule has 274 valence electrons. The fraction of sp³-hybridized carbons (Fsp3) is 0.0545. The highest BCUT2D eigenvalue weighted by molar-refractivity contribution is 5.95. The largest absolute Gasteiger partial charge is 0.310 e. The monoisotopic (exact) mass is 732 g/mol. The fourth-order valence-corrected chi connectivity index (χ4v) is 8.73. The molecule has 0 spiro atoms. The molecule has 57 heavy (non-hydrogen) atoms. The third-order valence-corrected chi connectivity index (χ3v) is 11.4. The molecule has 8 aromatic carbocycles. The van der Waals surface area contributed by atoms with Gasteiger partial charge in [0.15, 0.2) is 0 Å². The van der Waals surface area contributed by atoms with Crippen molar-refractivity contribution in [2.24, 2.45) is 0 Å². The van der Waals surface area contributed by atoms with E-state index < -0.39 is 5.41 Å². The summed E-state index contributed by atoms with van der Waals surface area (Å²) in [6.07, 6.45) is 4.06. The highest BCUT2D eigenvalue weighted by Crippen LogP contribution is 2.56. The van der Waals surface area contributed by atoms with Gasteiger partial charge in [-0.2, -0.15) is 0 Å². The topological polar surface area (TPSA) is 6.48 Å². The van der Waals surface area contributed by atoms with Gasteiger partial charge in [0.25, 0.3) is 0 Å². The Morgan fingerprint density at radius 1 is 0.404 bits per heavy atom. The summed E-state index contributed by atoms with van der Waals surface area (Å²) in [5, 5.41) is 2.39. The van der Waals surface area contributed by atoms with Crippen LogP contribution >= 0.6 is 0 Å². The molecule has 9 rings (SSSR count). The summed E-state index contributed by atoms with van der Waals surface area (Å²) in [7, 11) is 0. The molecular formula is C55H44N2. The van der Waals surface area contributed by atoms with Crippen molar-refractivity contribution in [2.45, 2.75) is 19.3 Å². The molecule has 0 saturated carbocycles. The first kappa shape index (κ1) is 35.5. The van der Waals surface area contributed by atoms with Crippen molar-refractivity contribution in [3.8, 4) is 0 Å². The maximum absolute atomic E-state index is 4.44. The number of rotatable bonds is 10. The minimum Gasteiger partial charge on any atom is -0.310 e. The highest BCUT2D eigenvalue weighted by Gasteiger charge is 2.46. The second kappa shape index (κ2) is 14.8. The van der Waals surface area contributed by atoms with Gasteiger partial charge < -0.3 is 9.80 Å². The van der Waals surface area contributed by atoms with Crippen LogP contribution in [0.5, 0.6) is 0 Å². The van der Waals surface area contributed by atoms with E-state index in [-0.39, 0.29) is 0 Å². The lowest BCUT2D eigenvalue weighted by molar-refractivity contribution is 0.761. The van der Waals surface area contributed by atoms with Crippen LogP contribution in [0.2, 0.25) is 0 Å². The van der Waals surface area contributed by atoms with Crippen LogP contribution in [0.25, 0.3) is 16.3 Å². The first-order valence-corrected chi connectivity index (χ1v) is 19.6. The first-order chi connectivity index (χ1) is 28.0. The Labute approximate surface area is 336 Å². The van der Waals surface area contributed by atoms with E-state index in [2.05, 4.69) is 231 Å². The van der Waals surface area contributed by atoms with Crippen molar-refractivity contribution < 1.29 is 0 Å². The van der Waals surface area contributed by atoms with Crippen molar-refractivity contribution in [3.63, 3.8) is 0 Å². The fourth-order valence-electron chi connectivity index (χ4n) is 8.73. The molecule has 0 aromatic heterocycles. The molecule has 0 saturated heterocycles. The normalized spacial score (nSPS) is 12.9. The van der Waals surface area contributed by atoms with Gasteiger partial charge in [0.2, 0.25) is 0 Å². The zero-order valence-electron chi connectivity index (χ0n) is 32.4. The standard InChI is InChI=1S/C55H44N2/c1-5-51-52-38-50(34-35-54(52)55(53(51)6-2,43-29-24-39(3)25-30-43)44-31-26-40(4)27-32-44)57(49-33-28-41-16-13-14-17-42(41)36-49)48-23-15-22-47(37-48)56(45-18-9-7-10-19-45)46-20-11-8-12-21-46/h5-38H,1-2H2,3-4H3. The maximum Gasteiger partial charge on any atom is 0.0713 e. The molecule has 2 heteroatoms. The third kappa shape index (κ3) is 6.16. The number of anilines is 6. The van der Waals surface area contributed by atoms with Gasteiger partial charge in [0.05, 0.1) is 5.41 Å². The number of fused-ring (bicyclic) bond motifs is 2. The van der Waals surface area contributed by atoms with Gasteiger partial charge in [-0.05, 0) is 125 Å². The average molecular weight is 733 g/mol. The summed E-state index contributed by atoms with van der Waals surface area (Å²) in [5.74, 6) is 0. The lowest BCUT2D eigenvalue weighted by Crippen LogP contribution is -2.29. The van der Waals surface area contributed by atoms with E-state index in [1.165, 1.54) is 38.6 Å². The Kier molecular flexibility index (Phi) is 9.24. The van der Waals surface area contributed by atoms with E-state index in [1.54, 1.807) is 0 Å². The molecule has 0 aliphatic heterocycles. The SMILES string of the molecule is C=CC1=C(C=C)C(c2ccc(C)cc2)(c2ccc(C)cc2)c2ccc(N(c3cccc(N(c4ccccc4)c4ccccc4)c3)c3ccc4ccccc4c3)cc21. The van der Waals surface area contributed by atoms with Crippen molar-refractivity contribution in [1.82, 2.24) is 0 Å². The van der Waals surface area contributed by atoms with Crippen molar-refractivity contribution in [3.05, 3.63) is 258 Å². The summed E-state index contributed by atoms with van der Waals surface area (Å²) >= 11 is 0. The maximum atomic E-state index is 4.44. The van der Waals surface area contributed by atoms with Gasteiger partial charge in [-0.3, -0.25) is 0 Å². The number of aryl methyl sites for hydroxylation is 2. The molecule has 1 aliphatic rings. The molecule has 0 atom stereocenters. The summed E-state index contributed by atoms with van der Waals surface area (Å²) in [6.45, 7) is 13.1. The molecule has 1 aliphatic carbocycles. The summed E-state index contributed by atoms with van der Waals surface area (Å²) in [6, 6.07) is 70.3. The summed E-state index contributed by atoms with van der Waals surface area (Å²) in [4.78, 5) is 4.70. The molecule has 0 radical (unpaired) electrons. The van der Waals surface area contributed by atoms with Crippen LogP contribution in [0.3, 0.4) is 0 Å². The van der Waals surface area contributed by atoms with Gasteiger partial charge in [0.1, 0.15) is 0 Å². The van der Waals surface area contributed by atoms with Crippen molar-refractivity contribution >= 4 is 50.5 Å². The Balaban J connectivity index is 1.28.